The Labute approximate surface area is 285 Å². The van der Waals surface area contributed by atoms with E-state index >= 15 is 0 Å². The molecule has 0 unspecified atom stereocenters. The first-order chi connectivity index (χ1) is 20.1. The van der Waals surface area contributed by atoms with Crippen molar-refractivity contribution >= 4 is 48.8 Å². The second-order valence-corrected chi connectivity index (χ2v) is 12.8. The molecule has 4 atom stereocenters. The standard InChI is InChI=1S/C32H46FN5O4.3ClH/c1-21-15-37(26(14-34-21)16-36-10-11-42-19-22(36)2)17-29(40)38-20-32(3,4)31-27(38)13-24(30(35-31)28(18-39)41-5)12-23-6-8-25(33)9-7-23;;;/h6-9,13,21-22,26,28,34,39H,10-12,14-20H2,1-5H3;3*1H/t21-,22-,26-,28+;;;/m1.../s1. The maximum atomic E-state index is 14.1. The number of benzene rings is 1. The predicted octanol–water partition coefficient (Wildman–Crippen LogP) is 3.76. The van der Waals surface area contributed by atoms with Gasteiger partial charge in [-0.15, -0.1) is 37.2 Å². The zero-order valence-electron chi connectivity index (χ0n) is 26.8. The van der Waals surface area contributed by atoms with Gasteiger partial charge in [0.15, 0.2) is 0 Å². The third kappa shape index (κ3) is 9.06. The highest BCUT2D eigenvalue weighted by molar-refractivity contribution is 5.97. The molecule has 1 amide bonds. The molecular weight excluding hydrogens is 644 g/mol. The summed E-state index contributed by atoms with van der Waals surface area (Å²) in [6, 6.07) is 9.30. The monoisotopic (exact) mass is 691 g/mol. The molecule has 254 valence electrons. The Hall–Kier alpha value is -1.60. The van der Waals surface area contributed by atoms with Gasteiger partial charge >= 0.3 is 0 Å². The number of hydrogen-bond donors (Lipinski definition) is 2. The maximum absolute atomic E-state index is 14.1. The normalized spacial score (nSPS) is 23.7. The molecule has 45 heavy (non-hydrogen) atoms. The summed E-state index contributed by atoms with van der Waals surface area (Å²) >= 11 is 0. The van der Waals surface area contributed by atoms with Gasteiger partial charge in [0.25, 0.3) is 0 Å². The van der Waals surface area contributed by atoms with Gasteiger partial charge in [-0.1, -0.05) is 26.0 Å². The number of morpholine rings is 1. The van der Waals surface area contributed by atoms with Crippen molar-refractivity contribution < 1.29 is 23.8 Å². The fourth-order valence-corrected chi connectivity index (χ4v) is 6.52. The van der Waals surface area contributed by atoms with Crippen molar-refractivity contribution in [3.63, 3.8) is 0 Å². The molecule has 0 radical (unpaired) electrons. The Morgan fingerprint density at radius 2 is 1.91 bits per heavy atom. The number of carbonyl (C=O) groups is 1. The van der Waals surface area contributed by atoms with Crippen LogP contribution in [0.2, 0.25) is 0 Å². The second kappa shape index (κ2) is 17.0. The summed E-state index contributed by atoms with van der Waals surface area (Å²) in [6.07, 6.45) is -0.121. The number of halogens is 4. The van der Waals surface area contributed by atoms with Gasteiger partial charge in [-0.25, -0.2) is 4.39 Å². The van der Waals surface area contributed by atoms with Gasteiger partial charge in [-0.05, 0) is 49.6 Å². The van der Waals surface area contributed by atoms with Crippen LogP contribution in [-0.4, -0.2) is 110 Å². The highest BCUT2D eigenvalue weighted by Crippen LogP contribution is 2.42. The topological polar surface area (TPSA) is 90.4 Å². The molecule has 13 heteroatoms. The molecule has 0 spiro atoms. The van der Waals surface area contributed by atoms with E-state index in [0.29, 0.717) is 37.3 Å². The molecule has 1 aromatic heterocycles. The van der Waals surface area contributed by atoms with Crippen LogP contribution in [0.1, 0.15) is 56.3 Å². The number of hydrogen-bond acceptors (Lipinski definition) is 8. The molecule has 9 nitrogen and oxygen atoms in total. The lowest BCUT2D eigenvalue weighted by molar-refractivity contribution is -0.121. The number of nitrogens with zero attached hydrogens (tertiary/aromatic N) is 4. The number of aliphatic hydroxyl groups excluding tert-OH is 1. The summed E-state index contributed by atoms with van der Waals surface area (Å²) in [5, 5.41) is 13.7. The van der Waals surface area contributed by atoms with Gasteiger partial charge in [0.1, 0.15) is 11.9 Å². The van der Waals surface area contributed by atoms with Crippen LogP contribution in [0.5, 0.6) is 0 Å². The minimum absolute atomic E-state index is 0. The summed E-state index contributed by atoms with van der Waals surface area (Å²) in [7, 11) is 1.56. The lowest BCUT2D eigenvalue weighted by atomic mass is 9.90. The number of aromatic nitrogens is 1. The van der Waals surface area contributed by atoms with Crippen molar-refractivity contribution in [1.29, 1.82) is 0 Å². The number of pyridine rings is 1. The lowest BCUT2D eigenvalue weighted by Gasteiger charge is -2.43. The van der Waals surface area contributed by atoms with Crippen LogP contribution < -0.4 is 10.2 Å². The molecule has 0 saturated carbocycles. The Morgan fingerprint density at radius 1 is 1.20 bits per heavy atom. The van der Waals surface area contributed by atoms with Gasteiger partial charge in [0.2, 0.25) is 5.91 Å². The zero-order valence-corrected chi connectivity index (χ0v) is 29.3. The molecular formula is C32H49Cl3FN5O4. The van der Waals surface area contributed by atoms with E-state index in [9.17, 15) is 14.3 Å². The highest BCUT2D eigenvalue weighted by atomic mass is 35.5. The Kier molecular flexibility index (Phi) is 14.9. The minimum atomic E-state index is -0.600. The second-order valence-electron chi connectivity index (χ2n) is 12.8. The number of rotatable bonds is 9. The molecule has 0 bridgehead atoms. The van der Waals surface area contributed by atoms with Gasteiger partial charge < -0.3 is 24.8 Å². The Balaban J connectivity index is 0.00000235. The average Bonchev–Trinajstić information content (AvgIpc) is 3.23. The van der Waals surface area contributed by atoms with Crippen molar-refractivity contribution in [2.75, 3.05) is 71.1 Å². The predicted molar refractivity (Wildman–Crippen MR) is 182 cm³/mol. The maximum Gasteiger partial charge on any atom is 0.241 e. The van der Waals surface area contributed by atoms with E-state index in [4.69, 9.17) is 14.5 Å². The molecule has 0 aliphatic carbocycles. The molecule has 2 fully saturated rings. The number of amides is 1. The Morgan fingerprint density at radius 3 is 2.56 bits per heavy atom. The zero-order chi connectivity index (χ0) is 30.0. The van der Waals surface area contributed by atoms with Gasteiger partial charge in [0, 0.05) is 63.4 Å². The Bertz CT molecular complexity index is 1250. The molecule has 4 heterocycles. The van der Waals surface area contributed by atoms with Gasteiger partial charge in [-0.3, -0.25) is 19.6 Å². The van der Waals surface area contributed by atoms with Crippen LogP contribution in [0.25, 0.3) is 0 Å². The van der Waals surface area contributed by atoms with E-state index in [-0.39, 0.29) is 67.0 Å². The van der Waals surface area contributed by atoms with Crippen LogP contribution in [0, 0.1) is 5.82 Å². The van der Waals surface area contributed by atoms with Crippen molar-refractivity contribution in [1.82, 2.24) is 20.1 Å². The van der Waals surface area contributed by atoms with E-state index in [1.165, 1.54) is 12.1 Å². The number of aliphatic hydroxyl groups is 1. The highest BCUT2D eigenvalue weighted by Gasteiger charge is 2.42. The molecule has 2 saturated heterocycles. The third-order valence-corrected chi connectivity index (χ3v) is 8.98. The van der Waals surface area contributed by atoms with Gasteiger partial charge in [0.05, 0.1) is 43.4 Å². The SMILES string of the molecule is CO[C@@H](CO)c1nc2c(cc1Cc1ccc(F)cc1)N(C(=O)CN1C[C@@H](C)NC[C@@H]1CN1CCOC[C@H]1C)CC2(C)C.Cl.Cl.Cl. The van der Waals surface area contributed by atoms with Crippen LogP contribution >= 0.6 is 37.2 Å². The fourth-order valence-electron chi connectivity index (χ4n) is 6.52. The lowest BCUT2D eigenvalue weighted by Crippen LogP contribution is -2.62. The largest absolute Gasteiger partial charge is 0.393 e. The van der Waals surface area contributed by atoms with Crippen molar-refractivity contribution in [2.45, 2.75) is 63.8 Å². The quantitative estimate of drug-likeness (QED) is 0.411. The number of piperazine rings is 1. The molecule has 2 aromatic rings. The van der Waals surface area contributed by atoms with Crippen molar-refractivity contribution in [2.24, 2.45) is 0 Å². The molecule has 3 aliphatic heterocycles. The van der Waals surface area contributed by atoms with Gasteiger partial charge in [-0.2, -0.15) is 0 Å². The summed E-state index contributed by atoms with van der Waals surface area (Å²) in [6.45, 7) is 14.1. The first kappa shape index (κ1) is 39.6. The first-order valence-electron chi connectivity index (χ1n) is 15.1. The minimum Gasteiger partial charge on any atom is -0.393 e. The van der Waals surface area contributed by atoms with E-state index in [0.717, 1.165) is 61.9 Å². The number of methoxy groups -OCH3 is 1. The van der Waals surface area contributed by atoms with E-state index in [1.807, 2.05) is 11.0 Å². The first-order valence-corrected chi connectivity index (χ1v) is 15.1. The molecule has 2 N–H and O–H groups in total. The fraction of sp³-hybridized carbons (Fsp3) is 0.625. The van der Waals surface area contributed by atoms with E-state index in [2.05, 4.69) is 42.8 Å². The van der Waals surface area contributed by atoms with E-state index in [1.54, 1.807) is 19.2 Å². The summed E-state index contributed by atoms with van der Waals surface area (Å²) < 4.78 is 24.9. The third-order valence-electron chi connectivity index (χ3n) is 8.98. The van der Waals surface area contributed by atoms with Crippen LogP contribution in [0.15, 0.2) is 30.3 Å². The summed E-state index contributed by atoms with van der Waals surface area (Å²) in [4.78, 5) is 25.9. The molecule has 1 aromatic carbocycles. The number of carbonyl (C=O) groups excluding carboxylic acids is 1. The smallest absolute Gasteiger partial charge is 0.241 e. The number of nitrogens with one attached hydrogen (secondary N) is 1. The number of ether oxygens (including phenoxy) is 2. The van der Waals surface area contributed by atoms with Crippen molar-refractivity contribution in [3.05, 3.63) is 58.7 Å². The summed E-state index contributed by atoms with van der Waals surface area (Å²) in [5.41, 5.74) is 3.68. The molecule has 5 rings (SSSR count). The number of anilines is 1. The number of fused-ring (bicyclic) bond motifs is 1. The average molecular weight is 693 g/mol. The van der Waals surface area contributed by atoms with Crippen LogP contribution in [0.3, 0.4) is 0 Å². The summed E-state index contributed by atoms with van der Waals surface area (Å²) in [5.74, 6) is -0.234. The molecule has 3 aliphatic rings. The van der Waals surface area contributed by atoms with Crippen LogP contribution in [-0.2, 0) is 26.1 Å². The van der Waals surface area contributed by atoms with Crippen molar-refractivity contribution in [3.8, 4) is 0 Å². The van der Waals surface area contributed by atoms with E-state index < -0.39 is 6.10 Å². The van der Waals surface area contributed by atoms with Crippen LogP contribution in [0.4, 0.5) is 10.1 Å².